The van der Waals surface area contributed by atoms with Crippen molar-refractivity contribution >= 4 is 0 Å². The van der Waals surface area contributed by atoms with Gasteiger partial charge in [-0.1, -0.05) is 6.42 Å². The van der Waals surface area contributed by atoms with Gasteiger partial charge in [-0.2, -0.15) is 0 Å². The lowest BCUT2D eigenvalue weighted by Crippen LogP contribution is -2.29. The summed E-state index contributed by atoms with van der Waals surface area (Å²) in [7, 11) is 1.63. The minimum Gasteiger partial charge on any atom is -0.496 e. The second-order valence-electron chi connectivity index (χ2n) is 4.29. The predicted molar refractivity (Wildman–Crippen MR) is 62.1 cm³/mol. The fourth-order valence-electron chi connectivity index (χ4n) is 2.23. The highest BCUT2D eigenvalue weighted by Gasteiger charge is 2.13. The molecule has 0 spiro atoms. The van der Waals surface area contributed by atoms with E-state index in [0.717, 1.165) is 30.9 Å². The van der Waals surface area contributed by atoms with Crippen LogP contribution >= 0.6 is 0 Å². The number of benzene rings is 1. The number of hydrogen-bond donors (Lipinski definition) is 0. The summed E-state index contributed by atoms with van der Waals surface area (Å²) in [4.78, 5) is 2.36. The van der Waals surface area contributed by atoms with E-state index in [9.17, 15) is 4.39 Å². The van der Waals surface area contributed by atoms with E-state index in [0.29, 0.717) is 0 Å². The minimum atomic E-state index is -0.187. The summed E-state index contributed by atoms with van der Waals surface area (Å²) >= 11 is 0. The van der Waals surface area contributed by atoms with E-state index < -0.39 is 0 Å². The second-order valence-corrected chi connectivity index (χ2v) is 4.29. The van der Waals surface area contributed by atoms with Gasteiger partial charge in [0.25, 0.3) is 0 Å². The summed E-state index contributed by atoms with van der Waals surface area (Å²) in [6.07, 6.45) is 3.81. The van der Waals surface area contributed by atoms with Crippen LogP contribution in [0.3, 0.4) is 0 Å². The van der Waals surface area contributed by atoms with E-state index in [-0.39, 0.29) is 5.82 Å². The van der Waals surface area contributed by atoms with Crippen molar-refractivity contribution in [3.63, 3.8) is 0 Å². The van der Waals surface area contributed by atoms with Crippen LogP contribution in [0, 0.1) is 5.82 Å². The van der Waals surface area contributed by atoms with Crippen molar-refractivity contribution in [2.75, 3.05) is 20.2 Å². The van der Waals surface area contributed by atoms with Gasteiger partial charge in [0.05, 0.1) is 7.11 Å². The number of nitrogens with zero attached hydrogens (tertiary/aromatic N) is 1. The maximum Gasteiger partial charge on any atom is 0.123 e. The number of halogens is 1. The molecule has 1 saturated heterocycles. The molecule has 0 unspecified atom stereocenters. The Labute approximate surface area is 96.0 Å². The van der Waals surface area contributed by atoms with Crippen LogP contribution in [0.25, 0.3) is 0 Å². The first-order chi connectivity index (χ1) is 7.79. The minimum absolute atomic E-state index is 0.187. The highest BCUT2D eigenvalue weighted by atomic mass is 19.1. The normalized spacial score (nSPS) is 17.4. The number of rotatable bonds is 3. The molecule has 2 nitrogen and oxygen atoms in total. The largest absolute Gasteiger partial charge is 0.496 e. The van der Waals surface area contributed by atoms with Crippen LogP contribution in [0.1, 0.15) is 24.8 Å². The van der Waals surface area contributed by atoms with Crippen molar-refractivity contribution in [3.05, 3.63) is 29.6 Å². The van der Waals surface area contributed by atoms with Crippen LogP contribution in [0.5, 0.6) is 5.75 Å². The maximum absolute atomic E-state index is 13.2. The number of methoxy groups -OCH3 is 1. The summed E-state index contributed by atoms with van der Waals surface area (Å²) in [5.74, 6) is 0.597. The molecular weight excluding hydrogens is 205 g/mol. The zero-order valence-corrected chi connectivity index (χ0v) is 9.71. The summed E-state index contributed by atoms with van der Waals surface area (Å²) < 4.78 is 18.4. The molecule has 2 rings (SSSR count). The average molecular weight is 223 g/mol. The van der Waals surface area contributed by atoms with Gasteiger partial charge < -0.3 is 4.74 Å². The maximum atomic E-state index is 13.2. The van der Waals surface area contributed by atoms with Gasteiger partial charge >= 0.3 is 0 Å². The summed E-state index contributed by atoms with van der Waals surface area (Å²) in [5, 5.41) is 0. The van der Waals surface area contributed by atoms with Crippen LogP contribution < -0.4 is 4.74 Å². The Morgan fingerprint density at radius 3 is 2.69 bits per heavy atom. The molecule has 0 aliphatic carbocycles. The molecule has 16 heavy (non-hydrogen) atoms. The van der Waals surface area contributed by atoms with Crippen LogP contribution in [0.15, 0.2) is 18.2 Å². The Hall–Kier alpha value is -1.09. The molecule has 1 aliphatic heterocycles. The van der Waals surface area contributed by atoms with Crippen molar-refractivity contribution in [3.8, 4) is 5.75 Å². The van der Waals surface area contributed by atoms with Gasteiger partial charge in [0.15, 0.2) is 0 Å². The molecule has 0 radical (unpaired) electrons. The van der Waals surface area contributed by atoms with Crippen molar-refractivity contribution in [2.24, 2.45) is 0 Å². The van der Waals surface area contributed by atoms with Gasteiger partial charge in [0, 0.05) is 12.1 Å². The fraction of sp³-hybridized carbons (Fsp3) is 0.538. The van der Waals surface area contributed by atoms with Gasteiger partial charge in [0.2, 0.25) is 0 Å². The lowest BCUT2D eigenvalue weighted by atomic mass is 10.1. The molecule has 0 amide bonds. The fourth-order valence-corrected chi connectivity index (χ4v) is 2.23. The molecule has 0 aromatic heterocycles. The Kier molecular flexibility index (Phi) is 3.78. The highest BCUT2D eigenvalue weighted by molar-refractivity contribution is 5.33. The summed E-state index contributed by atoms with van der Waals surface area (Å²) in [6, 6.07) is 4.72. The number of likely N-dealkylation sites (tertiary alicyclic amines) is 1. The molecule has 0 N–H and O–H groups in total. The molecule has 0 bridgehead atoms. The predicted octanol–water partition coefficient (Wildman–Crippen LogP) is 2.82. The standard InChI is InChI=1S/C13H18FNO/c1-16-13-6-5-12(14)9-11(13)10-15-7-3-2-4-8-15/h5-6,9H,2-4,7-8,10H2,1H3. The molecular formula is C13H18FNO. The monoisotopic (exact) mass is 223 g/mol. The Morgan fingerprint density at radius 2 is 2.00 bits per heavy atom. The summed E-state index contributed by atoms with van der Waals surface area (Å²) in [5.41, 5.74) is 0.949. The molecule has 3 heteroatoms. The zero-order chi connectivity index (χ0) is 11.4. The molecule has 88 valence electrons. The molecule has 1 aromatic rings. The molecule has 0 saturated carbocycles. The molecule has 1 aliphatic rings. The quantitative estimate of drug-likeness (QED) is 0.781. The van der Waals surface area contributed by atoms with E-state index in [1.807, 2.05) is 0 Å². The lowest BCUT2D eigenvalue weighted by molar-refractivity contribution is 0.218. The third-order valence-corrected chi connectivity index (χ3v) is 3.09. The van der Waals surface area contributed by atoms with E-state index >= 15 is 0 Å². The molecule has 1 heterocycles. The molecule has 1 aromatic carbocycles. The Bertz CT molecular complexity index is 348. The van der Waals surface area contributed by atoms with Gasteiger partial charge in [-0.15, -0.1) is 0 Å². The third kappa shape index (κ3) is 2.73. The first-order valence-corrected chi connectivity index (χ1v) is 5.84. The van der Waals surface area contributed by atoms with Crippen molar-refractivity contribution in [2.45, 2.75) is 25.8 Å². The number of ether oxygens (including phenoxy) is 1. The number of hydrogen-bond acceptors (Lipinski definition) is 2. The van der Waals surface area contributed by atoms with Crippen LogP contribution in [0.2, 0.25) is 0 Å². The van der Waals surface area contributed by atoms with Gasteiger partial charge in [-0.05, 0) is 44.1 Å². The van der Waals surface area contributed by atoms with Crippen LogP contribution in [-0.2, 0) is 6.54 Å². The first-order valence-electron chi connectivity index (χ1n) is 5.84. The van der Waals surface area contributed by atoms with Crippen molar-refractivity contribution in [1.29, 1.82) is 0 Å². The number of piperidine rings is 1. The molecule has 0 atom stereocenters. The Balaban J connectivity index is 2.09. The van der Waals surface area contributed by atoms with E-state index in [4.69, 9.17) is 4.74 Å². The third-order valence-electron chi connectivity index (χ3n) is 3.09. The van der Waals surface area contributed by atoms with E-state index in [2.05, 4.69) is 4.90 Å². The van der Waals surface area contributed by atoms with Crippen molar-refractivity contribution < 1.29 is 9.13 Å². The highest BCUT2D eigenvalue weighted by Crippen LogP contribution is 2.22. The topological polar surface area (TPSA) is 12.5 Å². The van der Waals surface area contributed by atoms with Gasteiger partial charge in [0.1, 0.15) is 11.6 Å². The average Bonchev–Trinajstić information content (AvgIpc) is 2.31. The van der Waals surface area contributed by atoms with Gasteiger partial charge in [-0.3, -0.25) is 4.90 Å². The molecule has 1 fully saturated rings. The second kappa shape index (κ2) is 5.30. The lowest BCUT2D eigenvalue weighted by Gasteiger charge is -2.27. The zero-order valence-electron chi connectivity index (χ0n) is 9.71. The van der Waals surface area contributed by atoms with Crippen LogP contribution in [-0.4, -0.2) is 25.1 Å². The van der Waals surface area contributed by atoms with Crippen molar-refractivity contribution in [1.82, 2.24) is 4.90 Å². The first kappa shape index (κ1) is 11.4. The van der Waals surface area contributed by atoms with Gasteiger partial charge in [-0.25, -0.2) is 4.39 Å². The SMILES string of the molecule is COc1ccc(F)cc1CN1CCCCC1. The van der Waals surface area contributed by atoms with E-state index in [1.54, 1.807) is 19.2 Å². The summed E-state index contributed by atoms with van der Waals surface area (Å²) in [6.45, 7) is 3.01. The Morgan fingerprint density at radius 1 is 1.25 bits per heavy atom. The van der Waals surface area contributed by atoms with E-state index in [1.165, 1.54) is 25.3 Å². The smallest absolute Gasteiger partial charge is 0.123 e. The van der Waals surface area contributed by atoms with Crippen LogP contribution in [0.4, 0.5) is 4.39 Å².